The van der Waals surface area contributed by atoms with Gasteiger partial charge in [-0.25, -0.2) is 9.18 Å². The summed E-state index contributed by atoms with van der Waals surface area (Å²) in [7, 11) is 0. The van der Waals surface area contributed by atoms with Gasteiger partial charge in [0, 0.05) is 0 Å². The summed E-state index contributed by atoms with van der Waals surface area (Å²) in [6.45, 7) is 4.99. The molecule has 1 N–H and O–H groups in total. The van der Waals surface area contributed by atoms with Crippen molar-refractivity contribution in [1.29, 1.82) is 0 Å². The number of alkyl halides is 1. The maximum Gasteiger partial charge on any atom is 0.338 e. The van der Waals surface area contributed by atoms with Crippen molar-refractivity contribution in [3.05, 3.63) is 54.1 Å². The average molecular weight is 469 g/mol. The van der Waals surface area contributed by atoms with E-state index in [0.29, 0.717) is 18.4 Å². The topological polar surface area (TPSA) is 46.5 Å². The standard InChI is InChI=1S/C30H41FO3/c1-3-5-7-12-26-19-27(17-18-28(26)25-10-8-6-9-11-25)34-21-22-13-15-24(16-14-22)23(4-2)20-29(31)30(32)33/h6,8-11,17-19,22-24,29H,3-5,7,12-16,20-21H2,1-2H3,(H,32,33)/t22?,23?,24?,29-/m0/s1. The molecular weight excluding hydrogens is 427 g/mol. The number of hydrogen-bond acceptors (Lipinski definition) is 2. The third-order valence-corrected chi connectivity index (χ3v) is 7.56. The third kappa shape index (κ3) is 7.58. The van der Waals surface area contributed by atoms with Gasteiger partial charge < -0.3 is 9.84 Å². The van der Waals surface area contributed by atoms with Gasteiger partial charge >= 0.3 is 5.97 Å². The number of benzene rings is 2. The van der Waals surface area contributed by atoms with Gasteiger partial charge in [0.2, 0.25) is 0 Å². The van der Waals surface area contributed by atoms with Crippen LogP contribution in [0.15, 0.2) is 48.5 Å². The lowest BCUT2D eigenvalue weighted by molar-refractivity contribution is -0.143. The molecule has 2 aromatic rings. The van der Waals surface area contributed by atoms with Crippen LogP contribution in [0, 0.1) is 17.8 Å². The van der Waals surface area contributed by atoms with Gasteiger partial charge in [0.1, 0.15) is 5.75 Å². The van der Waals surface area contributed by atoms with E-state index in [4.69, 9.17) is 9.84 Å². The largest absolute Gasteiger partial charge is 0.493 e. The fourth-order valence-electron chi connectivity index (χ4n) is 5.43. The minimum absolute atomic E-state index is 0.145. The van der Waals surface area contributed by atoms with Crippen LogP contribution < -0.4 is 4.74 Å². The predicted molar refractivity (Wildman–Crippen MR) is 137 cm³/mol. The van der Waals surface area contributed by atoms with Gasteiger partial charge in [-0.2, -0.15) is 0 Å². The molecular formula is C30H41FO3. The van der Waals surface area contributed by atoms with Crippen molar-refractivity contribution >= 4 is 5.97 Å². The number of unbranched alkanes of at least 4 members (excludes halogenated alkanes) is 2. The molecule has 0 saturated heterocycles. The smallest absolute Gasteiger partial charge is 0.338 e. The second-order valence-corrected chi connectivity index (χ2v) is 9.94. The Morgan fingerprint density at radius 1 is 1.06 bits per heavy atom. The molecule has 1 saturated carbocycles. The van der Waals surface area contributed by atoms with Gasteiger partial charge in [-0.3, -0.25) is 0 Å². The quantitative estimate of drug-likeness (QED) is 0.302. The van der Waals surface area contributed by atoms with E-state index in [9.17, 15) is 9.18 Å². The van der Waals surface area contributed by atoms with E-state index in [-0.39, 0.29) is 12.3 Å². The van der Waals surface area contributed by atoms with Gasteiger partial charge in [0.15, 0.2) is 6.17 Å². The minimum atomic E-state index is -1.74. The lowest BCUT2D eigenvalue weighted by Gasteiger charge is -2.33. The van der Waals surface area contributed by atoms with E-state index in [1.54, 1.807) is 0 Å². The molecule has 34 heavy (non-hydrogen) atoms. The lowest BCUT2D eigenvalue weighted by Crippen LogP contribution is -2.28. The monoisotopic (exact) mass is 468 g/mol. The summed E-state index contributed by atoms with van der Waals surface area (Å²) in [5.74, 6) is 0.708. The summed E-state index contributed by atoms with van der Waals surface area (Å²) in [5.41, 5.74) is 3.90. The van der Waals surface area contributed by atoms with Crippen LogP contribution >= 0.6 is 0 Å². The molecule has 1 aliphatic carbocycles. The molecule has 0 aromatic heterocycles. The Labute approximate surface area is 204 Å². The molecule has 1 fully saturated rings. The molecule has 186 valence electrons. The van der Waals surface area contributed by atoms with Crippen LogP contribution in [0.2, 0.25) is 0 Å². The number of carboxylic acids is 1. The lowest BCUT2D eigenvalue weighted by atomic mass is 9.73. The Kier molecular flexibility index (Phi) is 10.4. The van der Waals surface area contributed by atoms with Crippen molar-refractivity contribution in [3.8, 4) is 16.9 Å². The van der Waals surface area contributed by atoms with Crippen molar-refractivity contribution in [1.82, 2.24) is 0 Å². The molecule has 0 radical (unpaired) electrons. The zero-order chi connectivity index (χ0) is 24.3. The number of aryl methyl sites for hydroxylation is 1. The first-order valence-corrected chi connectivity index (χ1v) is 13.2. The maximum absolute atomic E-state index is 13.8. The fraction of sp³-hybridized carbons (Fsp3) is 0.567. The van der Waals surface area contributed by atoms with E-state index in [0.717, 1.165) is 44.3 Å². The van der Waals surface area contributed by atoms with Crippen LogP contribution in [0.1, 0.15) is 77.2 Å². The molecule has 0 aliphatic heterocycles. The van der Waals surface area contributed by atoms with E-state index in [2.05, 4.69) is 55.5 Å². The Hall–Kier alpha value is -2.36. The Bertz CT molecular complexity index is 874. The van der Waals surface area contributed by atoms with Crippen LogP contribution in [0.3, 0.4) is 0 Å². The number of hydrogen-bond donors (Lipinski definition) is 1. The summed E-state index contributed by atoms with van der Waals surface area (Å²) >= 11 is 0. The molecule has 0 bridgehead atoms. The number of rotatable bonds is 13. The highest BCUT2D eigenvalue weighted by Crippen LogP contribution is 2.37. The van der Waals surface area contributed by atoms with Crippen molar-refractivity contribution < 1.29 is 19.0 Å². The highest BCUT2D eigenvalue weighted by Gasteiger charge is 2.30. The number of carboxylic acid groups (broad SMARTS) is 1. The molecule has 1 unspecified atom stereocenters. The van der Waals surface area contributed by atoms with E-state index in [1.165, 1.54) is 36.0 Å². The molecule has 0 amide bonds. The van der Waals surface area contributed by atoms with Gasteiger partial charge in [0.05, 0.1) is 6.61 Å². The predicted octanol–water partition coefficient (Wildman–Crippen LogP) is 8.11. The van der Waals surface area contributed by atoms with Gasteiger partial charge in [-0.15, -0.1) is 0 Å². The molecule has 1 aliphatic rings. The normalized spacial score (nSPS) is 20.0. The molecule has 4 heteroatoms. The molecule has 2 atom stereocenters. The summed E-state index contributed by atoms with van der Waals surface area (Å²) in [6, 6.07) is 17.1. The molecule has 0 spiro atoms. The number of carbonyl (C=O) groups is 1. The zero-order valence-corrected chi connectivity index (χ0v) is 20.8. The van der Waals surface area contributed by atoms with Crippen LogP contribution in [0.25, 0.3) is 11.1 Å². The van der Waals surface area contributed by atoms with E-state index in [1.807, 2.05) is 6.92 Å². The van der Waals surface area contributed by atoms with Crippen molar-refractivity contribution in [3.63, 3.8) is 0 Å². The summed E-state index contributed by atoms with van der Waals surface area (Å²) in [6.07, 6.45) is 8.14. The van der Waals surface area contributed by atoms with E-state index >= 15 is 0 Å². The Balaban J connectivity index is 1.56. The van der Waals surface area contributed by atoms with Crippen LogP contribution in [-0.2, 0) is 11.2 Å². The first-order chi connectivity index (χ1) is 16.5. The SMILES string of the molecule is CCCCCc1cc(OCC2CCC(C(CC)C[C@H](F)C(=O)O)CC2)ccc1-c1ccccc1. The summed E-state index contributed by atoms with van der Waals surface area (Å²) in [4.78, 5) is 10.9. The summed E-state index contributed by atoms with van der Waals surface area (Å²) < 4.78 is 20.0. The highest BCUT2D eigenvalue weighted by atomic mass is 19.1. The fourth-order valence-corrected chi connectivity index (χ4v) is 5.43. The Morgan fingerprint density at radius 2 is 1.79 bits per heavy atom. The van der Waals surface area contributed by atoms with Gasteiger partial charge in [0.25, 0.3) is 0 Å². The van der Waals surface area contributed by atoms with Crippen molar-refractivity contribution in [2.45, 2.75) is 84.2 Å². The highest BCUT2D eigenvalue weighted by molar-refractivity contribution is 5.72. The van der Waals surface area contributed by atoms with Crippen LogP contribution in [-0.4, -0.2) is 23.9 Å². The molecule has 3 rings (SSSR count). The Morgan fingerprint density at radius 3 is 2.44 bits per heavy atom. The second kappa shape index (κ2) is 13.5. The second-order valence-electron chi connectivity index (χ2n) is 9.94. The number of halogens is 1. The van der Waals surface area contributed by atoms with Crippen LogP contribution in [0.5, 0.6) is 5.75 Å². The van der Waals surface area contributed by atoms with Crippen molar-refractivity contribution in [2.24, 2.45) is 17.8 Å². The third-order valence-electron chi connectivity index (χ3n) is 7.56. The van der Waals surface area contributed by atoms with E-state index < -0.39 is 12.1 Å². The minimum Gasteiger partial charge on any atom is -0.493 e. The number of aliphatic carboxylic acids is 1. The molecule has 0 heterocycles. The van der Waals surface area contributed by atoms with Gasteiger partial charge in [-0.1, -0.05) is 69.5 Å². The number of ether oxygens (including phenoxy) is 1. The first-order valence-electron chi connectivity index (χ1n) is 13.2. The molecule has 3 nitrogen and oxygen atoms in total. The first kappa shape index (κ1) is 26.2. The maximum atomic E-state index is 13.8. The summed E-state index contributed by atoms with van der Waals surface area (Å²) in [5, 5.41) is 8.92. The van der Waals surface area contributed by atoms with Gasteiger partial charge in [-0.05, 0) is 91.5 Å². The molecule has 2 aromatic carbocycles. The van der Waals surface area contributed by atoms with Crippen LogP contribution in [0.4, 0.5) is 4.39 Å². The van der Waals surface area contributed by atoms with Crippen molar-refractivity contribution in [2.75, 3.05) is 6.61 Å². The average Bonchev–Trinajstić information content (AvgIpc) is 2.87. The zero-order valence-electron chi connectivity index (χ0n) is 20.8.